The maximum Gasteiger partial charge on any atom is 0.250 e. The number of hydrogen-bond donors (Lipinski definition) is 2. The van der Waals surface area contributed by atoms with E-state index in [-0.39, 0.29) is 23.5 Å². The standard InChI is InChI=1S/C13H13NO4S2/c15-7-9-5-6-13(19-9)20(16,17)14-11-8-18-12-4-2-1-3-10(11)12/h1-6,11,14-15H,7-8H2. The lowest BCUT2D eigenvalue weighted by atomic mass is 10.1. The average molecular weight is 311 g/mol. The van der Waals surface area contributed by atoms with Crippen LogP contribution in [0.2, 0.25) is 0 Å². The zero-order valence-electron chi connectivity index (χ0n) is 10.4. The summed E-state index contributed by atoms with van der Waals surface area (Å²) in [5.74, 6) is 0.711. The van der Waals surface area contributed by atoms with Gasteiger partial charge in [-0.3, -0.25) is 0 Å². The van der Waals surface area contributed by atoms with E-state index in [1.54, 1.807) is 6.07 Å². The van der Waals surface area contributed by atoms with Crippen molar-refractivity contribution in [3.63, 3.8) is 0 Å². The first-order chi connectivity index (χ1) is 9.60. The second-order valence-electron chi connectivity index (χ2n) is 4.40. The van der Waals surface area contributed by atoms with E-state index >= 15 is 0 Å². The minimum atomic E-state index is -3.60. The van der Waals surface area contributed by atoms with Gasteiger partial charge < -0.3 is 9.84 Å². The molecule has 1 atom stereocenters. The molecule has 2 heterocycles. The van der Waals surface area contributed by atoms with Crippen LogP contribution in [0.25, 0.3) is 0 Å². The van der Waals surface area contributed by atoms with E-state index in [1.165, 1.54) is 6.07 Å². The Balaban J connectivity index is 1.84. The number of para-hydroxylation sites is 1. The number of aliphatic hydroxyl groups excluding tert-OH is 1. The van der Waals surface area contributed by atoms with Gasteiger partial charge in [-0.25, -0.2) is 8.42 Å². The molecule has 2 aromatic rings. The highest BCUT2D eigenvalue weighted by Gasteiger charge is 2.29. The minimum absolute atomic E-state index is 0.157. The van der Waals surface area contributed by atoms with E-state index in [0.29, 0.717) is 10.6 Å². The Morgan fingerprint density at radius 2 is 2.10 bits per heavy atom. The maximum absolute atomic E-state index is 12.3. The van der Waals surface area contributed by atoms with Crippen LogP contribution in [0.1, 0.15) is 16.5 Å². The molecular weight excluding hydrogens is 298 g/mol. The highest BCUT2D eigenvalue weighted by Crippen LogP contribution is 2.33. The molecule has 0 bridgehead atoms. The van der Waals surface area contributed by atoms with Gasteiger partial charge in [0.15, 0.2) is 0 Å². The number of hydrogen-bond acceptors (Lipinski definition) is 5. The van der Waals surface area contributed by atoms with Crippen molar-refractivity contribution in [2.24, 2.45) is 0 Å². The smallest absolute Gasteiger partial charge is 0.250 e. The number of rotatable bonds is 4. The molecule has 7 heteroatoms. The van der Waals surface area contributed by atoms with Crippen LogP contribution in [0.4, 0.5) is 0 Å². The van der Waals surface area contributed by atoms with Crippen LogP contribution in [-0.2, 0) is 16.6 Å². The SMILES string of the molecule is O=S(=O)(NC1COc2ccccc21)c1ccc(CO)s1. The molecular formula is C13H13NO4S2. The van der Waals surface area contributed by atoms with Crippen LogP contribution in [0.15, 0.2) is 40.6 Å². The Bertz CT molecular complexity index is 723. The Labute approximate surface area is 120 Å². The van der Waals surface area contributed by atoms with Gasteiger partial charge in [0.05, 0.1) is 12.6 Å². The van der Waals surface area contributed by atoms with E-state index in [2.05, 4.69) is 4.72 Å². The highest BCUT2D eigenvalue weighted by atomic mass is 32.2. The predicted molar refractivity (Wildman–Crippen MR) is 75.2 cm³/mol. The monoisotopic (exact) mass is 311 g/mol. The molecule has 0 aliphatic carbocycles. The fourth-order valence-electron chi connectivity index (χ4n) is 2.09. The van der Waals surface area contributed by atoms with Crippen LogP contribution >= 0.6 is 11.3 Å². The lowest BCUT2D eigenvalue weighted by Gasteiger charge is -2.10. The van der Waals surface area contributed by atoms with Crippen molar-refractivity contribution in [1.82, 2.24) is 4.72 Å². The number of ether oxygens (including phenoxy) is 1. The zero-order valence-corrected chi connectivity index (χ0v) is 12.1. The lowest BCUT2D eigenvalue weighted by Crippen LogP contribution is -2.29. The number of fused-ring (bicyclic) bond motifs is 1. The van der Waals surface area contributed by atoms with Gasteiger partial charge in [-0.2, -0.15) is 4.72 Å². The third-order valence-corrected chi connectivity index (χ3v) is 6.09. The van der Waals surface area contributed by atoms with Crippen LogP contribution < -0.4 is 9.46 Å². The Morgan fingerprint density at radius 3 is 2.85 bits per heavy atom. The summed E-state index contributed by atoms with van der Waals surface area (Å²) in [7, 11) is -3.60. The molecule has 2 N–H and O–H groups in total. The molecule has 1 aliphatic heterocycles. The molecule has 20 heavy (non-hydrogen) atoms. The minimum Gasteiger partial charge on any atom is -0.491 e. The normalized spacial score (nSPS) is 17.8. The average Bonchev–Trinajstić information content (AvgIpc) is 3.06. The molecule has 106 valence electrons. The quantitative estimate of drug-likeness (QED) is 0.900. The molecule has 3 rings (SSSR count). The van der Waals surface area contributed by atoms with Crippen molar-refractivity contribution in [3.05, 3.63) is 46.8 Å². The number of sulfonamides is 1. The second kappa shape index (κ2) is 5.17. The molecule has 1 aliphatic rings. The summed E-state index contributed by atoms with van der Waals surface area (Å²) < 4.78 is 32.9. The van der Waals surface area contributed by atoms with Crippen molar-refractivity contribution in [3.8, 4) is 5.75 Å². The van der Waals surface area contributed by atoms with Crippen molar-refractivity contribution in [1.29, 1.82) is 0 Å². The van der Waals surface area contributed by atoms with Gasteiger partial charge in [0.2, 0.25) is 0 Å². The zero-order chi connectivity index (χ0) is 14.2. The van der Waals surface area contributed by atoms with E-state index in [0.717, 1.165) is 16.9 Å². The number of nitrogens with one attached hydrogen (secondary N) is 1. The third kappa shape index (κ3) is 2.45. The van der Waals surface area contributed by atoms with E-state index in [4.69, 9.17) is 9.84 Å². The first kappa shape index (κ1) is 13.6. The van der Waals surface area contributed by atoms with Crippen molar-refractivity contribution < 1.29 is 18.3 Å². The Hall–Kier alpha value is -1.41. The number of aliphatic hydroxyl groups is 1. The molecule has 5 nitrogen and oxygen atoms in total. The molecule has 1 aromatic carbocycles. The van der Waals surface area contributed by atoms with Gasteiger partial charge in [0.1, 0.15) is 16.6 Å². The molecule has 1 aromatic heterocycles. The summed E-state index contributed by atoms with van der Waals surface area (Å²) in [6, 6.07) is 10.1. The van der Waals surface area contributed by atoms with Gasteiger partial charge in [-0.15, -0.1) is 11.3 Å². The largest absolute Gasteiger partial charge is 0.491 e. The highest BCUT2D eigenvalue weighted by molar-refractivity contribution is 7.91. The molecule has 0 spiro atoms. The molecule has 0 radical (unpaired) electrons. The van der Waals surface area contributed by atoms with Crippen molar-refractivity contribution in [2.75, 3.05) is 6.61 Å². The van der Waals surface area contributed by atoms with Crippen LogP contribution in [0.3, 0.4) is 0 Å². The summed E-state index contributed by atoms with van der Waals surface area (Å²) in [5, 5.41) is 9.01. The number of thiophene rings is 1. The van der Waals surface area contributed by atoms with Crippen LogP contribution in [0, 0.1) is 0 Å². The molecule has 0 amide bonds. The summed E-state index contributed by atoms with van der Waals surface area (Å²) >= 11 is 1.06. The topological polar surface area (TPSA) is 75.6 Å². The summed E-state index contributed by atoms with van der Waals surface area (Å²) in [4.78, 5) is 0.619. The molecule has 1 unspecified atom stereocenters. The predicted octanol–water partition coefficient (Wildman–Crippen LogP) is 1.65. The van der Waals surface area contributed by atoms with E-state index in [1.807, 2.05) is 24.3 Å². The van der Waals surface area contributed by atoms with E-state index < -0.39 is 10.0 Å². The first-order valence-corrected chi connectivity index (χ1v) is 8.34. The van der Waals surface area contributed by atoms with Crippen LogP contribution in [0.5, 0.6) is 5.75 Å². The summed E-state index contributed by atoms with van der Waals surface area (Å²) in [6.07, 6.45) is 0. The van der Waals surface area contributed by atoms with Gasteiger partial charge in [0.25, 0.3) is 10.0 Å². The van der Waals surface area contributed by atoms with Crippen molar-refractivity contribution in [2.45, 2.75) is 16.9 Å². The van der Waals surface area contributed by atoms with E-state index in [9.17, 15) is 8.42 Å². The Morgan fingerprint density at radius 1 is 1.30 bits per heavy atom. The molecule has 0 fully saturated rings. The number of benzene rings is 1. The van der Waals surface area contributed by atoms with Crippen LogP contribution in [-0.4, -0.2) is 20.1 Å². The Kier molecular flexibility index (Phi) is 3.51. The second-order valence-corrected chi connectivity index (χ2v) is 7.51. The van der Waals surface area contributed by atoms with Gasteiger partial charge in [-0.05, 0) is 18.2 Å². The maximum atomic E-state index is 12.3. The summed E-state index contributed by atoms with van der Waals surface area (Å²) in [5.41, 5.74) is 0.843. The van der Waals surface area contributed by atoms with Crippen molar-refractivity contribution >= 4 is 21.4 Å². The third-order valence-electron chi connectivity index (χ3n) is 3.06. The fourth-order valence-corrected chi connectivity index (χ4v) is 4.53. The summed E-state index contributed by atoms with van der Waals surface area (Å²) in [6.45, 7) is 0.131. The van der Waals surface area contributed by atoms with Gasteiger partial charge in [0, 0.05) is 10.4 Å². The van der Waals surface area contributed by atoms with Gasteiger partial charge >= 0.3 is 0 Å². The first-order valence-electron chi connectivity index (χ1n) is 6.04. The lowest BCUT2D eigenvalue weighted by molar-refractivity contribution is 0.285. The fraction of sp³-hybridized carbons (Fsp3) is 0.231. The molecule has 0 saturated carbocycles. The van der Waals surface area contributed by atoms with Gasteiger partial charge in [-0.1, -0.05) is 18.2 Å². The molecule has 0 saturated heterocycles.